The van der Waals surface area contributed by atoms with Gasteiger partial charge in [0.1, 0.15) is 0 Å². The quantitative estimate of drug-likeness (QED) is 0.764. The standard InChI is InChI=1S/C13H15N3O/c1-10-13(16-7-6-15-10)12-4-2-11(3-5-12)8-14-9-17/h2-6,9,16H,7-8H2,1H3,(H,14,17). The highest BCUT2D eigenvalue weighted by molar-refractivity contribution is 5.76. The first-order valence-electron chi connectivity index (χ1n) is 5.55. The van der Waals surface area contributed by atoms with Gasteiger partial charge in [-0.3, -0.25) is 9.79 Å². The van der Waals surface area contributed by atoms with Crippen LogP contribution in [0.5, 0.6) is 0 Å². The summed E-state index contributed by atoms with van der Waals surface area (Å²) in [5.41, 5.74) is 4.27. The summed E-state index contributed by atoms with van der Waals surface area (Å²) < 4.78 is 0. The highest BCUT2D eigenvalue weighted by Crippen LogP contribution is 2.18. The summed E-state index contributed by atoms with van der Waals surface area (Å²) in [7, 11) is 0. The molecule has 2 rings (SSSR count). The molecule has 0 atom stereocenters. The second kappa shape index (κ2) is 5.30. The Balaban J connectivity index is 2.17. The molecule has 1 aliphatic heterocycles. The van der Waals surface area contributed by atoms with Crippen LogP contribution < -0.4 is 10.6 Å². The van der Waals surface area contributed by atoms with Crippen LogP contribution >= 0.6 is 0 Å². The minimum atomic E-state index is 0.563. The second-order valence-corrected chi connectivity index (χ2v) is 3.85. The van der Waals surface area contributed by atoms with Crippen molar-refractivity contribution in [3.05, 3.63) is 41.1 Å². The van der Waals surface area contributed by atoms with Gasteiger partial charge in [0.05, 0.1) is 17.9 Å². The van der Waals surface area contributed by atoms with Crippen LogP contribution in [0.3, 0.4) is 0 Å². The topological polar surface area (TPSA) is 53.5 Å². The smallest absolute Gasteiger partial charge is 0.207 e. The number of rotatable bonds is 4. The molecule has 1 amide bonds. The molecule has 2 N–H and O–H groups in total. The maximum atomic E-state index is 10.2. The zero-order chi connectivity index (χ0) is 12.1. The molecule has 0 aromatic heterocycles. The normalized spacial score (nSPS) is 14.4. The highest BCUT2D eigenvalue weighted by Gasteiger charge is 2.07. The number of hydrogen-bond acceptors (Lipinski definition) is 3. The Morgan fingerprint density at radius 3 is 2.82 bits per heavy atom. The van der Waals surface area contributed by atoms with E-state index in [9.17, 15) is 4.79 Å². The van der Waals surface area contributed by atoms with E-state index in [1.165, 1.54) is 0 Å². The molecule has 0 bridgehead atoms. The summed E-state index contributed by atoms with van der Waals surface area (Å²) in [4.78, 5) is 14.5. The summed E-state index contributed by atoms with van der Waals surface area (Å²) >= 11 is 0. The predicted octanol–water partition coefficient (Wildman–Crippen LogP) is 1.30. The van der Waals surface area contributed by atoms with Crippen LogP contribution in [0.25, 0.3) is 5.70 Å². The number of nitrogens with zero attached hydrogens (tertiary/aromatic N) is 1. The number of benzene rings is 1. The Morgan fingerprint density at radius 1 is 1.41 bits per heavy atom. The van der Waals surface area contributed by atoms with Crippen LogP contribution in [0.15, 0.2) is 35.0 Å². The Bertz CT molecular complexity index is 460. The summed E-state index contributed by atoms with van der Waals surface area (Å²) in [6.45, 7) is 3.31. The van der Waals surface area contributed by atoms with Crippen molar-refractivity contribution < 1.29 is 4.79 Å². The first-order valence-corrected chi connectivity index (χ1v) is 5.55. The van der Waals surface area contributed by atoms with Crippen molar-refractivity contribution in [2.45, 2.75) is 13.5 Å². The molecule has 0 fully saturated rings. The Kier molecular flexibility index (Phi) is 3.55. The van der Waals surface area contributed by atoms with Crippen molar-refractivity contribution in [1.82, 2.24) is 10.6 Å². The number of hydrogen-bond donors (Lipinski definition) is 2. The van der Waals surface area contributed by atoms with E-state index in [2.05, 4.69) is 15.6 Å². The van der Waals surface area contributed by atoms with Gasteiger partial charge in [0.15, 0.2) is 0 Å². The third-order valence-corrected chi connectivity index (χ3v) is 2.65. The van der Waals surface area contributed by atoms with Crippen molar-refractivity contribution in [1.29, 1.82) is 0 Å². The molecule has 4 nitrogen and oxygen atoms in total. The molecule has 88 valence electrons. The minimum absolute atomic E-state index is 0.563. The van der Waals surface area contributed by atoms with Gasteiger partial charge in [0.25, 0.3) is 0 Å². The molecule has 1 aromatic rings. The van der Waals surface area contributed by atoms with Gasteiger partial charge in [0, 0.05) is 12.8 Å². The summed E-state index contributed by atoms with van der Waals surface area (Å²) in [5.74, 6) is 0. The van der Waals surface area contributed by atoms with Crippen molar-refractivity contribution in [2.24, 2.45) is 4.99 Å². The summed E-state index contributed by atoms with van der Waals surface area (Å²) in [6.07, 6.45) is 2.57. The molecular weight excluding hydrogens is 214 g/mol. The molecule has 0 radical (unpaired) electrons. The largest absolute Gasteiger partial charge is 0.378 e. The van der Waals surface area contributed by atoms with E-state index in [1.807, 2.05) is 37.4 Å². The van der Waals surface area contributed by atoms with Crippen LogP contribution in [0.4, 0.5) is 0 Å². The van der Waals surface area contributed by atoms with E-state index in [0.717, 1.165) is 29.1 Å². The Hall–Kier alpha value is -2.10. The van der Waals surface area contributed by atoms with Crippen LogP contribution in [0, 0.1) is 0 Å². The molecule has 0 saturated carbocycles. The third-order valence-electron chi connectivity index (χ3n) is 2.65. The average Bonchev–Trinajstić information content (AvgIpc) is 2.38. The number of aliphatic imine (C=N–C) groups is 1. The highest BCUT2D eigenvalue weighted by atomic mass is 16.1. The monoisotopic (exact) mass is 229 g/mol. The molecule has 0 spiro atoms. The average molecular weight is 229 g/mol. The molecule has 17 heavy (non-hydrogen) atoms. The Morgan fingerprint density at radius 2 is 2.18 bits per heavy atom. The summed E-state index contributed by atoms with van der Waals surface area (Å²) in [6, 6.07) is 8.08. The SMILES string of the molecule is CC1=C(c2ccc(CNC=O)cc2)NCC=N1. The van der Waals surface area contributed by atoms with Gasteiger partial charge in [-0.05, 0) is 18.1 Å². The van der Waals surface area contributed by atoms with Crippen molar-refractivity contribution in [3.63, 3.8) is 0 Å². The van der Waals surface area contributed by atoms with Crippen LogP contribution in [0.2, 0.25) is 0 Å². The van der Waals surface area contributed by atoms with Gasteiger partial charge >= 0.3 is 0 Å². The lowest BCUT2D eigenvalue weighted by molar-refractivity contribution is -0.109. The lowest BCUT2D eigenvalue weighted by Gasteiger charge is -2.15. The van der Waals surface area contributed by atoms with Crippen LogP contribution in [-0.2, 0) is 11.3 Å². The Labute approximate surface area is 100 Å². The van der Waals surface area contributed by atoms with Gasteiger partial charge < -0.3 is 10.6 Å². The number of nitrogens with one attached hydrogen (secondary N) is 2. The van der Waals surface area contributed by atoms with Crippen molar-refractivity contribution in [2.75, 3.05) is 6.54 Å². The van der Waals surface area contributed by atoms with E-state index in [1.54, 1.807) is 0 Å². The zero-order valence-corrected chi connectivity index (χ0v) is 9.73. The first-order chi connectivity index (χ1) is 8.31. The number of carbonyl (C=O) groups excluding carboxylic acids is 1. The lowest BCUT2D eigenvalue weighted by atomic mass is 10.1. The first kappa shape index (κ1) is 11.4. The molecule has 1 aliphatic rings. The second-order valence-electron chi connectivity index (χ2n) is 3.85. The summed E-state index contributed by atoms with van der Waals surface area (Å²) in [5, 5.41) is 5.95. The van der Waals surface area contributed by atoms with E-state index in [-0.39, 0.29) is 0 Å². The van der Waals surface area contributed by atoms with E-state index in [4.69, 9.17) is 0 Å². The predicted molar refractivity (Wildman–Crippen MR) is 68.4 cm³/mol. The maximum absolute atomic E-state index is 10.2. The fourth-order valence-electron chi connectivity index (χ4n) is 1.78. The van der Waals surface area contributed by atoms with Gasteiger partial charge in [-0.2, -0.15) is 0 Å². The molecule has 1 aromatic carbocycles. The zero-order valence-electron chi connectivity index (χ0n) is 9.73. The van der Waals surface area contributed by atoms with Gasteiger partial charge in [0.2, 0.25) is 6.41 Å². The van der Waals surface area contributed by atoms with Gasteiger partial charge in [-0.15, -0.1) is 0 Å². The van der Waals surface area contributed by atoms with Gasteiger partial charge in [-0.25, -0.2) is 0 Å². The van der Waals surface area contributed by atoms with Crippen molar-refractivity contribution in [3.8, 4) is 0 Å². The number of carbonyl (C=O) groups is 1. The molecule has 0 saturated heterocycles. The van der Waals surface area contributed by atoms with E-state index >= 15 is 0 Å². The molecule has 0 unspecified atom stereocenters. The molecule has 4 heteroatoms. The van der Waals surface area contributed by atoms with Crippen LogP contribution in [0.1, 0.15) is 18.1 Å². The number of amides is 1. The minimum Gasteiger partial charge on any atom is -0.378 e. The fourth-order valence-corrected chi connectivity index (χ4v) is 1.78. The number of allylic oxidation sites excluding steroid dienone is 1. The van der Waals surface area contributed by atoms with E-state index < -0.39 is 0 Å². The molecular formula is C13H15N3O. The molecule has 1 heterocycles. The van der Waals surface area contributed by atoms with Gasteiger partial charge in [-0.1, -0.05) is 24.3 Å². The maximum Gasteiger partial charge on any atom is 0.207 e. The fraction of sp³-hybridized carbons (Fsp3) is 0.231. The molecule has 0 aliphatic carbocycles. The van der Waals surface area contributed by atoms with Crippen molar-refractivity contribution >= 4 is 18.3 Å². The third kappa shape index (κ3) is 2.72. The lowest BCUT2D eigenvalue weighted by Crippen LogP contribution is -2.19. The van der Waals surface area contributed by atoms with E-state index in [0.29, 0.717) is 13.0 Å². The van der Waals surface area contributed by atoms with Crippen LogP contribution in [-0.4, -0.2) is 19.2 Å².